The Morgan fingerprint density at radius 2 is 1.62 bits per heavy atom. The van der Waals surface area contributed by atoms with Crippen molar-refractivity contribution in [3.63, 3.8) is 0 Å². The number of aromatic nitrogens is 2. The Morgan fingerprint density at radius 3 is 2.35 bits per heavy atom. The number of benzene rings is 2. The van der Waals surface area contributed by atoms with Gasteiger partial charge < -0.3 is 14.5 Å². The van der Waals surface area contributed by atoms with Crippen LogP contribution in [0.15, 0.2) is 48.5 Å². The van der Waals surface area contributed by atoms with Gasteiger partial charge in [0.25, 0.3) is 5.91 Å². The van der Waals surface area contributed by atoms with Crippen molar-refractivity contribution >= 4 is 29.0 Å². The summed E-state index contributed by atoms with van der Waals surface area (Å²) in [6.45, 7) is 1.84. The van der Waals surface area contributed by atoms with Crippen molar-refractivity contribution in [2.45, 2.75) is 57.9 Å². The first-order valence-corrected chi connectivity index (χ1v) is 14.1. The minimum Gasteiger partial charge on any atom is -0.497 e. The first-order chi connectivity index (χ1) is 18.2. The van der Waals surface area contributed by atoms with E-state index in [1.807, 2.05) is 52.3 Å². The Hall–Kier alpha value is -3.26. The summed E-state index contributed by atoms with van der Waals surface area (Å²) in [5, 5.41) is 4.31. The molecule has 0 saturated heterocycles. The van der Waals surface area contributed by atoms with Crippen molar-refractivity contribution in [3.05, 3.63) is 59.0 Å². The predicted molar refractivity (Wildman–Crippen MR) is 146 cm³/mol. The zero-order valence-electron chi connectivity index (χ0n) is 21.4. The molecule has 3 aromatic rings. The third-order valence-corrected chi connectivity index (χ3v) is 7.94. The molecule has 1 saturated carbocycles. The standard InChI is InChI=1S/C29H34N4O3S/c1-36-24-16-14-21(15-17-24)26-27(37-31-30-26)29(35)32-18-8-4-2-3-5-9-19-33(28(34)22-12-13-22)25-11-7-6-10-23(25)20-32/h6-7,10-11,14-17,22H,2-5,8-9,12-13,18-20H2,1H3. The molecule has 2 aromatic carbocycles. The molecule has 1 aliphatic heterocycles. The Balaban J connectivity index is 1.46. The van der Waals surface area contributed by atoms with E-state index in [-0.39, 0.29) is 17.7 Å². The van der Waals surface area contributed by atoms with Gasteiger partial charge >= 0.3 is 0 Å². The zero-order chi connectivity index (χ0) is 25.6. The number of hydrogen-bond donors (Lipinski definition) is 0. The number of ether oxygens (including phenoxy) is 1. The highest BCUT2D eigenvalue weighted by Gasteiger charge is 2.35. The van der Waals surface area contributed by atoms with Gasteiger partial charge in [0.05, 0.1) is 7.11 Å². The fourth-order valence-electron chi connectivity index (χ4n) is 4.96. The molecule has 0 bridgehead atoms. The van der Waals surface area contributed by atoms with Crippen LogP contribution in [0.25, 0.3) is 11.3 Å². The molecule has 1 fully saturated rings. The second-order valence-corrected chi connectivity index (χ2v) is 10.7. The number of hydrogen-bond acceptors (Lipinski definition) is 6. The summed E-state index contributed by atoms with van der Waals surface area (Å²) in [7, 11) is 1.63. The van der Waals surface area contributed by atoms with Crippen molar-refractivity contribution in [1.29, 1.82) is 0 Å². The fourth-order valence-corrected chi connectivity index (χ4v) is 5.61. The maximum Gasteiger partial charge on any atom is 0.268 e. The summed E-state index contributed by atoms with van der Waals surface area (Å²) in [4.78, 5) is 31.7. The molecule has 0 spiro atoms. The third kappa shape index (κ3) is 6.01. The second-order valence-electron chi connectivity index (χ2n) is 9.92. The summed E-state index contributed by atoms with van der Waals surface area (Å²) in [5.74, 6) is 1.07. The van der Waals surface area contributed by atoms with E-state index in [9.17, 15) is 9.59 Å². The highest BCUT2D eigenvalue weighted by molar-refractivity contribution is 7.08. The smallest absolute Gasteiger partial charge is 0.268 e. The molecular weight excluding hydrogens is 484 g/mol. The van der Waals surface area contributed by atoms with Gasteiger partial charge in [-0.25, -0.2) is 0 Å². The van der Waals surface area contributed by atoms with Gasteiger partial charge in [-0.3, -0.25) is 9.59 Å². The number of para-hydroxylation sites is 1. The number of methoxy groups -OCH3 is 1. The van der Waals surface area contributed by atoms with Gasteiger partial charge in [-0.15, -0.1) is 5.10 Å². The summed E-state index contributed by atoms with van der Waals surface area (Å²) in [5.41, 5.74) is 3.38. The molecule has 2 heterocycles. The quantitative estimate of drug-likeness (QED) is 0.426. The van der Waals surface area contributed by atoms with E-state index >= 15 is 0 Å². The van der Waals surface area contributed by atoms with Gasteiger partial charge in [0, 0.05) is 36.8 Å². The number of amides is 2. The molecule has 0 unspecified atom stereocenters. The Kier molecular flexibility index (Phi) is 8.14. The van der Waals surface area contributed by atoms with Crippen LogP contribution in [-0.4, -0.2) is 46.5 Å². The lowest BCUT2D eigenvalue weighted by Gasteiger charge is -2.28. The largest absolute Gasteiger partial charge is 0.497 e. The molecule has 8 heteroatoms. The second kappa shape index (κ2) is 11.9. The SMILES string of the molecule is COc1ccc(-c2nnsc2C(=O)N2CCCCCCCCN(C(=O)C3CC3)c3ccccc3C2)cc1. The van der Waals surface area contributed by atoms with Crippen LogP contribution >= 0.6 is 11.5 Å². The molecule has 2 aliphatic rings. The lowest BCUT2D eigenvalue weighted by atomic mass is 10.1. The van der Waals surface area contributed by atoms with Crippen molar-refractivity contribution in [3.8, 4) is 17.0 Å². The lowest BCUT2D eigenvalue weighted by Crippen LogP contribution is -2.36. The molecule has 7 nitrogen and oxygen atoms in total. The molecule has 2 amide bonds. The molecule has 5 rings (SSSR count). The maximum atomic E-state index is 14.0. The van der Waals surface area contributed by atoms with Crippen molar-refractivity contribution in [2.24, 2.45) is 5.92 Å². The molecule has 0 N–H and O–H groups in total. The van der Waals surface area contributed by atoms with Crippen LogP contribution in [0, 0.1) is 5.92 Å². The van der Waals surface area contributed by atoms with Crippen LogP contribution in [0.5, 0.6) is 5.75 Å². The number of nitrogens with zero attached hydrogens (tertiary/aromatic N) is 4. The molecule has 37 heavy (non-hydrogen) atoms. The fraction of sp³-hybridized carbons (Fsp3) is 0.448. The Labute approximate surface area is 222 Å². The monoisotopic (exact) mass is 518 g/mol. The number of carbonyl (C=O) groups is 2. The molecule has 1 aromatic heterocycles. The van der Waals surface area contributed by atoms with E-state index < -0.39 is 0 Å². The summed E-state index contributed by atoms with van der Waals surface area (Å²) < 4.78 is 9.41. The van der Waals surface area contributed by atoms with Gasteiger partial charge in [-0.05, 0) is 73.1 Å². The molecule has 0 radical (unpaired) electrons. The predicted octanol–water partition coefficient (Wildman–Crippen LogP) is 5.95. The van der Waals surface area contributed by atoms with Gasteiger partial charge in [0.2, 0.25) is 5.91 Å². The van der Waals surface area contributed by atoms with Gasteiger partial charge in [0.1, 0.15) is 16.3 Å². The summed E-state index contributed by atoms with van der Waals surface area (Å²) in [6, 6.07) is 15.6. The van der Waals surface area contributed by atoms with Crippen LogP contribution < -0.4 is 9.64 Å². The highest BCUT2D eigenvalue weighted by atomic mass is 32.1. The van der Waals surface area contributed by atoms with E-state index in [2.05, 4.69) is 15.7 Å². The average Bonchev–Trinajstić information content (AvgIpc) is 3.67. The lowest BCUT2D eigenvalue weighted by molar-refractivity contribution is -0.119. The zero-order valence-corrected chi connectivity index (χ0v) is 22.2. The first-order valence-electron chi connectivity index (χ1n) is 13.3. The van der Waals surface area contributed by atoms with E-state index in [1.54, 1.807) is 7.11 Å². The third-order valence-electron chi connectivity index (χ3n) is 7.23. The van der Waals surface area contributed by atoms with Crippen molar-refractivity contribution in [1.82, 2.24) is 14.5 Å². The van der Waals surface area contributed by atoms with Gasteiger partial charge in [-0.2, -0.15) is 0 Å². The summed E-state index contributed by atoms with van der Waals surface area (Å²) >= 11 is 1.14. The van der Waals surface area contributed by atoms with E-state index in [1.165, 1.54) is 0 Å². The number of rotatable bonds is 4. The molecule has 194 valence electrons. The normalized spacial score (nSPS) is 17.2. The van der Waals surface area contributed by atoms with Crippen molar-refractivity contribution < 1.29 is 14.3 Å². The Morgan fingerprint density at radius 1 is 0.919 bits per heavy atom. The van der Waals surface area contributed by atoms with Crippen molar-refractivity contribution in [2.75, 3.05) is 25.1 Å². The number of fused-ring (bicyclic) bond motifs is 1. The summed E-state index contributed by atoms with van der Waals surface area (Å²) in [6.07, 6.45) is 8.42. The van der Waals surface area contributed by atoms with Gasteiger partial charge in [-0.1, -0.05) is 48.4 Å². The topological polar surface area (TPSA) is 75.6 Å². The molecular formula is C29H34N4O3S. The van der Waals surface area contributed by atoms with Gasteiger partial charge in [0.15, 0.2) is 0 Å². The maximum absolute atomic E-state index is 14.0. The molecule has 0 atom stereocenters. The van der Waals surface area contributed by atoms with Crippen LogP contribution in [0.3, 0.4) is 0 Å². The number of carbonyl (C=O) groups excluding carboxylic acids is 2. The van der Waals surface area contributed by atoms with Crippen LogP contribution in [-0.2, 0) is 11.3 Å². The molecule has 1 aliphatic carbocycles. The van der Waals surface area contributed by atoms with E-state index in [0.717, 1.165) is 92.0 Å². The highest BCUT2D eigenvalue weighted by Crippen LogP contribution is 2.35. The Bertz CT molecular complexity index is 1220. The van der Waals surface area contributed by atoms with E-state index in [4.69, 9.17) is 4.74 Å². The first kappa shape index (κ1) is 25.4. The average molecular weight is 519 g/mol. The van der Waals surface area contributed by atoms with E-state index in [0.29, 0.717) is 23.7 Å². The number of anilines is 1. The van der Waals surface area contributed by atoms with Crippen LogP contribution in [0.1, 0.15) is 66.6 Å². The van der Waals surface area contributed by atoms with Crippen LogP contribution in [0.2, 0.25) is 0 Å². The minimum absolute atomic E-state index is 0.0643. The minimum atomic E-state index is -0.0643. The van der Waals surface area contributed by atoms with Crippen LogP contribution in [0.4, 0.5) is 5.69 Å².